The summed E-state index contributed by atoms with van der Waals surface area (Å²) in [5, 5.41) is 4.50. The molecule has 0 aromatic heterocycles. The Hall–Kier alpha value is -2.63. The summed E-state index contributed by atoms with van der Waals surface area (Å²) >= 11 is 6.06. The third-order valence-corrected chi connectivity index (χ3v) is 6.81. The van der Waals surface area contributed by atoms with E-state index in [4.69, 9.17) is 11.6 Å². The molecule has 0 heterocycles. The number of halogens is 4. The van der Waals surface area contributed by atoms with Gasteiger partial charge in [-0.2, -0.15) is 17.5 Å². The summed E-state index contributed by atoms with van der Waals surface area (Å²) in [4.78, 5) is 24.0. The standard InChI is InChI=1S/C20H21ClF3N3O4S/c1-4-27(5-2)32(30,31)14-7-8-16(21)15(11-14)19(29)26-18-10-13(20(22,23)24)6-9-17(18)25-12(3)28/h6-11H,4-5H2,1-3H3,(H,25,28)(H,26,29). The number of sulfonamides is 1. The fraction of sp³-hybridized carbons (Fsp3) is 0.300. The summed E-state index contributed by atoms with van der Waals surface area (Å²) in [6, 6.07) is 5.92. The predicted molar refractivity (Wildman–Crippen MR) is 115 cm³/mol. The van der Waals surface area contributed by atoms with E-state index in [0.717, 1.165) is 25.1 Å². The Morgan fingerprint density at radius 2 is 1.62 bits per heavy atom. The molecule has 32 heavy (non-hydrogen) atoms. The fourth-order valence-corrected chi connectivity index (χ4v) is 4.55. The molecule has 0 bridgehead atoms. The number of alkyl halides is 3. The van der Waals surface area contributed by atoms with Crippen molar-refractivity contribution >= 4 is 44.8 Å². The zero-order valence-electron chi connectivity index (χ0n) is 17.4. The van der Waals surface area contributed by atoms with Gasteiger partial charge < -0.3 is 10.6 Å². The maximum absolute atomic E-state index is 13.1. The minimum absolute atomic E-state index is 0.0677. The minimum Gasteiger partial charge on any atom is -0.325 e. The molecule has 0 radical (unpaired) electrons. The summed E-state index contributed by atoms with van der Waals surface area (Å²) in [7, 11) is -3.91. The molecule has 2 N–H and O–H groups in total. The molecule has 0 saturated carbocycles. The van der Waals surface area contributed by atoms with Gasteiger partial charge in [-0.1, -0.05) is 25.4 Å². The summed E-state index contributed by atoms with van der Waals surface area (Å²) in [5.41, 5.74) is -1.70. The lowest BCUT2D eigenvalue weighted by atomic mass is 10.1. The van der Waals surface area contributed by atoms with Crippen LogP contribution in [-0.4, -0.2) is 37.6 Å². The average Bonchev–Trinajstić information content (AvgIpc) is 2.68. The van der Waals surface area contributed by atoms with Crippen LogP contribution < -0.4 is 10.6 Å². The first kappa shape index (κ1) is 25.6. The minimum atomic E-state index is -4.69. The van der Waals surface area contributed by atoms with Crippen molar-refractivity contribution in [3.05, 3.63) is 52.5 Å². The number of carbonyl (C=O) groups is 2. The number of amides is 2. The topological polar surface area (TPSA) is 95.6 Å². The van der Waals surface area contributed by atoms with Crippen LogP contribution in [0.5, 0.6) is 0 Å². The van der Waals surface area contributed by atoms with E-state index in [1.54, 1.807) is 13.8 Å². The third-order valence-electron chi connectivity index (χ3n) is 4.43. The maximum Gasteiger partial charge on any atom is 0.416 e. The molecule has 2 rings (SSSR count). The SMILES string of the molecule is CCN(CC)S(=O)(=O)c1ccc(Cl)c(C(=O)Nc2cc(C(F)(F)F)ccc2NC(C)=O)c1. The normalized spacial score (nSPS) is 12.0. The highest BCUT2D eigenvalue weighted by atomic mass is 35.5. The molecule has 0 fully saturated rings. The van der Waals surface area contributed by atoms with Gasteiger partial charge in [0.25, 0.3) is 5.91 Å². The van der Waals surface area contributed by atoms with E-state index in [1.807, 2.05) is 0 Å². The van der Waals surface area contributed by atoms with Gasteiger partial charge in [0.15, 0.2) is 0 Å². The maximum atomic E-state index is 13.1. The van der Waals surface area contributed by atoms with Crippen molar-refractivity contribution in [3.8, 4) is 0 Å². The lowest BCUT2D eigenvalue weighted by Crippen LogP contribution is -2.30. The molecular formula is C20H21ClF3N3O4S. The highest BCUT2D eigenvalue weighted by molar-refractivity contribution is 7.89. The van der Waals surface area contributed by atoms with Crippen LogP contribution in [0.1, 0.15) is 36.7 Å². The fourth-order valence-electron chi connectivity index (χ4n) is 2.86. The van der Waals surface area contributed by atoms with Gasteiger partial charge in [0.05, 0.1) is 32.4 Å². The summed E-state index contributed by atoms with van der Waals surface area (Å²) in [6.45, 7) is 4.87. The zero-order valence-corrected chi connectivity index (χ0v) is 19.0. The monoisotopic (exact) mass is 491 g/mol. The van der Waals surface area contributed by atoms with Crippen molar-refractivity contribution in [1.29, 1.82) is 0 Å². The van der Waals surface area contributed by atoms with E-state index < -0.39 is 33.6 Å². The molecule has 0 atom stereocenters. The molecule has 2 aromatic rings. The molecule has 12 heteroatoms. The Bertz CT molecular complexity index is 1130. The van der Waals surface area contributed by atoms with E-state index in [0.29, 0.717) is 6.07 Å². The molecule has 0 unspecified atom stereocenters. The molecule has 0 spiro atoms. The second-order valence-electron chi connectivity index (χ2n) is 6.62. The predicted octanol–water partition coefficient (Wildman–Crippen LogP) is 4.60. The van der Waals surface area contributed by atoms with Crippen molar-refractivity contribution in [2.75, 3.05) is 23.7 Å². The van der Waals surface area contributed by atoms with Crippen LogP contribution in [0.3, 0.4) is 0 Å². The van der Waals surface area contributed by atoms with Gasteiger partial charge in [0.2, 0.25) is 15.9 Å². The van der Waals surface area contributed by atoms with Gasteiger partial charge in [0, 0.05) is 20.0 Å². The van der Waals surface area contributed by atoms with E-state index in [2.05, 4.69) is 10.6 Å². The molecule has 174 valence electrons. The number of carbonyl (C=O) groups excluding carboxylic acids is 2. The van der Waals surface area contributed by atoms with E-state index in [1.165, 1.54) is 16.4 Å². The summed E-state index contributed by atoms with van der Waals surface area (Å²) in [6.07, 6.45) is -4.69. The number of hydrogen-bond donors (Lipinski definition) is 2. The van der Waals surface area contributed by atoms with E-state index in [-0.39, 0.29) is 39.9 Å². The number of benzene rings is 2. The first-order valence-electron chi connectivity index (χ1n) is 9.41. The second-order valence-corrected chi connectivity index (χ2v) is 8.97. The molecule has 0 aliphatic carbocycles. The number of anilines is 2. The van der Waals surface area contributed by atoms with Crippen LogP contribution in [-0.2, 0) is 21.0 Å². The van der Waals surface area contributed by atoms with Gasteiger partial charge in [0.1, 0.15) is 0 Å². The lowest BCUT2D eigenvalue weighted by Gasteiger charge is -2.19. The highest BCUT2D eigenvalue weighted by Gasteiger charge is 2.31. The van der Waals surface area contributed by atoms with Gasteiger partial charge in [-0.3, -0.25) is 9.59 Å². The second kappa shape index (κ2) is 9.88. The van der Waals surface area contributed by atoms with Crippen molar-refractivity contribution in [2.45, 2.75) is 31.8 Å². The Labute approximate surface area is 188 Å². The van der Waals surface area contributed by atoms with Crippen LogP contribution in [0.2, 0.25) is 5.02 Å². The summed E-state index contributed by atoms with van der Waals surface area (Å²) < 4.78 is 66.0. The molecular weight excluding hydrogens is 471 g/mol. The Morgan fingerprint density at radius 3 is 2.16 bits per heavy atom. The van der Waals surface area contributed by atoms with Gasteiger partial charge in [-0.05, 0) is 36.4 Å². The smallest absolute Gasteiger partial charge is 0.325 e. The first-order chi connectivity index (χ1) is 14.8. The Morgan fingerprint density at radius 1 is 1.00 bits per heavy atom. The van der Waals surface area contributed by atoms with Crippen molar-refractivity contribution in [3.63, 3.8) is 0 Å². The molecule has 7 nitrogen and oxygen atoms in total. The van der Waals surface area contributed by atoms with Crippen LogP contribution >= 0.6 is 11.6 Å². The molecule has 0 aliphatic heterocycles. The number of nitrogens with zero attached hydrogens (tertiary/aromatic N) is 1. The lowest BCUT2D eigenvalue weighted by molar-refractivity contribution is -0.137. The molecule has 2 aromatic carbocycles. The Kier molecular flexibility index (Phi) is 7.92. The van der Waals surface area contributed by atoms with E-state index >= 15 is 0 Å². The molecule has 0 saturated heterocycles. The van der Waals surface area contributed by atoms with Crippen molar-refractivity contribution < 1.29 is 31.2 Å². The van der Waals surface area contributed by atoms with Crippen molar-refractivity contribution in [1.82, 2.24) is 4.31 Å². The number of nitrogens with one attached hydrogen (secondary N) is 2. The van der Waals surface area contributed by atoms with Crippen LogP contribution in [0, 0.1) is 0 Å². The van der Waals surface area contributed by atoms with Gasteiger partial charge in [-0.25, -0.2) is 8.42 Å². The number of rotatable bonds is 7. The van der Waals surface area contributed by atoms with Crippen LogP contribution in [0.4, 0.5) is 24.5 Å². The van der Waals surface area contributed by atoms with Crippen molar-refractivity contribution in [2.24, 2.45) is 0 Å². The molecule has 2 amide bonds. The van der Waals surface area contributed by atoms with E-state index in [9.17, 15) is 31.2 Å². The van der Waals surface area contributed by atoms with Gasteiger partial charge >= 0.3 is 6.18 Å². The quantitative estimate of drug-likeness (QED) is 0.591. The van der Waals surface area contributed by atoms with Crippen LogP contribution in [0.15, 0.2) is 41.3 Å². The van der Waals surface area contributed by atoms with Crippen LogP contribution in [0.25, 0.3) is 0 Å². The average molecular weight is 492 g/mol. The first-order valence-corrected chi connectivity index (χ1v) is 11.2. The molecule has 0 aliphatic rings. The summed E-state index contributed by atoms with van der Waals surface area (Å²) in [5.74, 6) is -1.51. The third kappa shape index (κ3) is 5.78. The zero-order chi connectivity index (χ0) is 24.3. The van der Waals surface area contributed by atoms with Gasteiger partial charge in [-0.15, -0.1) is 0 Å². The number of hydrogen-bond acceptors (Lipinski definition) is 4. The largest absolute Gasteiger partial charge is 0.416 e. The Balaban J connectivity index is 2.50. The highest BCUT2D eigenvalue weighted by Crippen LogP contribution is 2.34.